The number of carbonyl (C=O) groups is 1. The average Bonchev–Trinajstić information content (AvgIpc) is 2.82. The number of carbonyl (C=O) groups excluding carboxylic acids is 1. The fourth-order valence-corrected chi connectivity index (χ4v) is 1.77. The fourth-order valence-electron chi connectivity index (χ4n) is 1.77. The second-order valence-electron chi connectivity index (χ2n) is 3.62. The van der Waals surface area contributed by atoms with Crippen LogP contribution in [-0.4, -0.2) is 10.8 Å². The van der Waals surface area contributed by atoms with E-state index >= 15 is 0 Å². The Morgan fingerprint density at radius 1 is 1.20 bits per heavy atom. The highest BCUT2D eigenvalue weighted by Gasteiger charge is 2.17. The van der Waals surface area contributed by atoms with Gasteiger partial charge < -0.3 is 4.42 Å². The van der Waals surface area contributed by atoms with Crippen molar-refractivity contribution in [3.8, 4) is 0 Å². The van der Waals surface area contributed by atoms with E-state index in [4.69, 9.17) is 4.42 Å². The molecule has 0 saturated carbocycles. The van der Waals surface area contributed by atoms with Gasteiger partial charge in [0.25, 0.3) is 0 Å². The average molecular weight is 199 g/mol. The van der Waals surface area contributed by atoms with Crippen LogP contribution in [0.2, 0.25) is 0 Å². The van der Waals surface area contributed by atoms with Crippen molar-refractivity contribution in [3.63, 3.8) is 0 Å². The highest BCUT2D eigenvalue weighted by atomic mass is 16.3. The molecule has 0 fully saturated rings. The minimum Gasteiger partial charge on any atom is -0.436 e. The zero-order valence-corrected chi connectivity index (χ0v) is 8.06. The smallest absolute Gasteiger partial charge is 0.223 e. The molecule has 1 aromatic carbocycles. The molecule has 0 saturated heterocycles. The third kappa shape index (κ3) is 1.36. The van der Waals surface area contributed by atoms with Gasteiger partial charge in [0, 0.05) is 12.0 Å². The van der Waals surface area contributed by atoms with Crippen molar-refractivity contribution in [2.24, 2.45) is 0 Å². The third-order valence-corrected chi connectivity index (χ3v) is 2.54. The van der Waals surface area contributed by atoms with Crippen LogP contribution in [0.15, 0.2) is 34.8 Å². The molecule has 1 aliphatic carbocycles. The van der Waals surface area contributed by atoms with Crippen LogP contribution in [-0.2, 0) is 4.79 Å². The molecule has 1 aromatic heterocycles. The molecule has 1 heterocycles. The summed E-state index contributed by atoms with van der Waals surface area (Å²) >= 11 is 0. The van der Waals surface area contributed by atoms with E-state index in [9.17, 15) is 4.79 Å². The van der Waals surface area contributed by atoms with Crippen LogP contribution in [0, 0.1) is 0 Å². The van der Waals surface area contributed by atoms with E-state index in [2.05, 4.69) is 4.98 Å². The topological polar surface area (TPSA) is 43.1 Å². The Labute approximate surface area is 86.4 Å². The van der Waals surface area contributed by atoms with Crippen LogP contribution >= 0.6 is 0 Å². The van der Waals surface area contributed by atoms with Crippen molar-refractivity contribution in [2.75, 3.05) is 0 Å². The van der Waals surface area contributed by atoms with Crippen molar-refractivity contribution in [1.29, 1.82) is 0 Å². The minimum absolute atomic E-state index is 0.159. The molecule has 0 spiro atoms. The number of para-hydroxylation sites is 2. The summed E-state index contributed by atoms with van der Waals surface area (Å²) in [5.41, 5.74) is 2.52. The van der Waals surface area contributed by atoms with Gasteiger partial charge in [0.05, 0.1) is 0 Å². The Bertz CT molecular complexity index is 533. The van der Waals surface area contributed by atoms with E-state index in [0.717, 1.165) is 23.1 Å². The van der Waals surface area contributed by atoms with E-state index in [1.54, 1.807) is 6.08 Å². The number of fused-ring (bicyclic) bond motifs is 1. The molecule has 0 bridgehead atoms. The van der Waals surface area contributed by atoms with E-state index < -0.39 is 0 Å². The van der Waals surface area contributed by atoms with Crippen molar-refractivity contribution >= 4 is 22.5 Å². The summed E-state index contributed by atoms with van der Waals surface area (Å²) < 4.78 is 5.57. The normalized spacial score (nSPS) is 16.0. The van der Waals surface area contributed by atoms with Crippen molar-refractivity contribution in [1.82, 2.24) is 4.98 Å². The van der Waals surface area contributed by atoms with Crippen LogP contribution in [0.5, 0.6) is 0 Å². The SMILES string of the molecule is O=C1C=C(c2nc3ccccc3o2)CC1. The maximum atomic E-state index is 11.1. The van der Waals surface area contributed by atoms with Crippen molar-refractivity contribution in [3.05, 3.63) is 36.2 Å². The molecular formula is C12H9NO2. The molecule has 74 valence electrons. The molecule has 3 heteroatoms. The first-order chi connectivity index (χ1) is 7.33. The van der Waals surface area contributed by atoms with Gasteiger partial charge in [-0.05, 0) is 24.6 Å². The van der Waals surface area contributed by atoms with Gasteiger partial charge in [-0.15, -0.1) is 0 Å². The summed E-state index contributed by atoms with van der Waals surface area (Å²) in [6.07, 6.45) is 2.95. The van der Waals surface area contributed by atoms with Crippen molar-refractivity contribution in [2.45, 2.75) is 12.8 Å². The van der Waals surface area contributed by atoms with E-state index in [1.807, 2.05) is 24.3 Å². The van der Waals surface area contributed by atoms with E-state index in [1.165, 1.54) is 0 Å². The number of nitrogens with zero attached hydrogens (tertiary/aromatic N) is 1. The lowest BCUT2D eigenvalue weighted by Gasteiger charge is -1.90. The summed E-state index contributed by atoms with van der Waals surface area (Å²) in [6, 6.07) is 7.61. The summed E-state index contributed by atoms with van der Waals surface area (Å²) in [6.45, 7) is 0. The largest absolute Gasteiger partial charge is 0.436 e. The summed E-state index contributed by atoms with van der Waals surface area (Å²) in [5, 5.41) is 0. The van der Waals surface area contributed by atoms with Crippen LogP contribution in [0.25, 0.3) is 16.7 Å². The Hall–Kier alpha value is -1.90. The highest BCUT2D eigenvalue weighted by Crippen LogP contribution is 2.27. The number of benzene rings is 1. The lowest BCUT2D eigenvalue weighted by molar-refractivity contribution is -0.114. The molecule has 2 aromatic rings. The maximum absolute atomic E-state index is 11.1. The fraction of sp³-hybridized carbons (Fsp3) is 0.167. The standard InChI is InChI=1S/C12H9NO2/c14-9-6-5-8(7-9)12-13-10-3-1-2-4-11(10)15-12/h1-4,7H,5-6H2. The number of hydrogen-bond donors (Lipinski definition) is 0. The molecule has 0 radical (unpaired) electrons. The van der Waals surface area contributed by atoms with Crippen LogP contribution in [0.1, 0.15) is 18.7 Å². The summed E-state index contributed by atoms with van der Waals surface area (Å²) in [7, 11) is 0. The van der Waals surface area contributed by atoms with Crippen LogP contribution in [0.3, 0.4) is 0 Å². The number of oxazole rings is 1. The van der Waals surface area contributed by atoms with Crippen LogP contribution < -0.4 is 0 Å². The molecule has 15 heavy (non-hydrogen) atoms. The van der Waals surface area contributed by atoms with Crippen molar-refractivity contribution < 1.29 is 9.21 Å². The molecular weight excluding hydrogens is 190 g/mol. The van der Waals surface area contributed by atoms with Gasteiger partial charge in [-0.3, -0.25) is 4.79 Å². The first kappa shape index (κ1) is 8.41. The third-order valence-electron chi connectivity index (χ3n) is 2.54. The molecule has 0 atom stereocenters. The van der Waals surface area contributed by atoms with Gasteiger partial charge >= 0.3 is 0 Å². The van der Waals surface area contributed by atoms with E-state index in [-0.39, 0.29) is 5.78 Å². The van der Waals surface area contributed by atoms with Gasteiger partial charge in [0.2, 0.25) is 5.89 Å². The molecule has 0 aliphatic heterocycles. The summed E-state index contributed by atoms with van der Waals surface area (Å²) in [4.78, 5) is 15.4. The van der Waals surface area contributed by atoms with Gasteiger partial charge in [0.1, 0.15) is 5.52 Å². The lowest BCUT2D eigenvalue weighted by atomic mass is 10.2. The Morgan fingerprint density at radius 3 is 2.80 bits per heavy atom. The number of ketones is 1. The monoisotopic (exact) mass is 199 g/mol. The number of aromatic nitrogens is 1. The maximum Gasteiger partial charge on any atom is 0.223 e. The number of rotatable bonds is 1. The quantitative estimate of drug-likeness (QED) is 0.708. The molecule has 0 amide bonds. The number of hydrogen-bond acceptors (Lipinski definition) is 3. The summed E-state index contributed by atoms with van der Waals surface area (Å²) in [5.74, 6) is 0.745. The van der Waals surface area contributed by atoms with E-state index in [0.29, 0.717) is 12.3 Å². The van der Waals surface area contributed by atoms with Gasteiger partial charge in [-0.1, -0.05) is 12.1 Å². The highest BCUT2D eigenvalue weighted by molar-refractivity contribution is 6.01. The Morgan fingerprint density at radius 2 is 2.07 bits per heavy atom. The zero-order valence-electron chi connectivity index (χ0n) is 8.06. The minimum atomic E-state index is 0.159. The Kier molecular flexibility index (Phi) is 1.71. The molecule has 3 nitrogen and oxygen atoms in total. The van der Waals surface area contributed by atoms with Gasteiger partial charge in [0.15, 0.2) is 11.4 Å². The zero-order chi connectivity index (χ0) is 10.3. The number of allylic oxidation sites excluding steroid dienone is 2. The lowest BCUT2D eigenvalue weighted by Crippen LogP contribution is -1.80. The Balaban J connectivity index is 2.12. The first-order valence-electron chi connectivity index (χ1n) is 4.92. The molecule has 1 aliphatic rings. The second-order valence-corrected chi connectivity index (χ2v) is 3.62. The van der Waals surface area contributed by atoms with Crippen LogP contribution in [0.4, 0.5) is 0 Å². The predicted molar refractivity (Wildman–Crippen MR) is 56.2 cm³/mol. The molecule has 0 unspecified atom stereocenters. The molecule has 3 rings (SSSR count). The van der Waals surface area contributed by atoms with Gasteiger partial charge in [-0.2, -0.15) is 0 Å². The second kappa shape index (κ2) is 3.05. The predicted octanol–water partition coefficient (Wildman–Crippen LogP) is 2.57. The molecule has 0 N–H and O–H groups in total. The van der Waals surface area contributed by atoms with Gasteiger partial charge in [-0.25, -0.2) is 4.98 Å². The first-order valence-corrected chi connectivity index (χ1v) is 4.92.